The molecule has 2 heterocycles. The Kier molecular flexibility index (Phi) is 8.44. The Balaban J connectivity index is 0.00000243. The van der Waals surface area contributed by atoms with Gasteiger partial charge in [0.15, 0.2) is 5.96 Å². The van der Waals surface area contributed by atoms with E-state index in [1.54, 1.807) is 13.2 Å². The molecule has 0 radical (unpaired) electrons. The fourth-order valence-corrected chi connectivity index (χ4v) is 3.06. The first-order chi connectivity index (χ1) is 12.3. The van der Waals surface area contributed by atoms with E-state index in [-0.39, 0.29) is 24.0 Å². The number of fused-ring (bicyclic) bond motifs is 1. The Morgan fingerprint density at radius 1 is 1.27 bits per heavy atom. The summed E-state index contributed by atoms with van der Waals surface area (Å²) < 4.78 is 5.72. The van der Waals surface area contributed by atoms with Crippen molar-refractivity contribution in [3.05, 3.63) is 58.9 Å². The van der Waals surface area contributed by atoms with Gasteiger partial charge in [0.05, 0.1) is 6.61 Å². The van der Waals surface area contributed by atoms with Crippen LogP contribution in [0.1, 0.15) is 23.5 Å². The first-order valence-electron chi connectivity index (χ1n) is 8.53. The highest BCUT2D eigenvalue weighted by Gasteiger charge is 2.20. The molecular weight excluding hydrogens is 463 g/mol. The predicted molar refractivity (Wildman–Crippen MR) is 117 cm³/mol. The number of benzene rings is 1. The molecule has 1 aliphatic heterocycles. The zero-order valence-electron chi connectivity index (χ0n) is 14.7. The third-order valence-corrected chi connectivity index (χ3v) is 4.54. The second-order valence-corrected chi connectivity index (χ2v) is 6.38. The number of aromatic nitrogens is 1. The Morgan fingerprint density at radius 2 is 2.12 bits per heavy atom. The zero-order valence-corrected chi connectivity index (χ0v) is 17.8. The molecule has 0 aliphatic carbocycles. The average Bonchev–Trinajstić information content (AvgIpc) is 2.66. The van der Waals surface area contributed by atoms with E-state index in [2.05, 4.69) is 32.7 Å². The molecule has 1 aliphatic rings. The van der Waals surface area contributed by atoms with Crippen LogP contribution in [0.15, 0.2) is 47.6 Å². The predicted octanol–water partition coefficient (Wildman–Crippen LogP) is 3.63. The van der Waals surface area contributed by atoms with Crippen molar-refractivity contribution in [1.29, 1.82) is 0 Å². The first kappa shape index (κ1) is 20.8. The summed E-state index contributed by atoms with van der Waals surface area (Å²) in [6.45, 7) is 2.38. The fraction of sp³-hybridized carbons (Fsp3) is 0.368. The molecule has 26 heavy (non-hydrogen) atoms. The summed E-state index contributed by atoms with van der Waals surface area (Å²) in [5.74, 6) is 2.24. The Bertz CT molecular complexity index is 724. The van der Waals surface area contributed by atoms with E-state index in [1.165, 1.54) is 5.56 Å². The quantitative estimate of drug-likeness (QED) is 0.293. The molecule has 1 aromatic heterocycles. The highest BCUT2D eigenvalue weighted by atomic mass is 127. The van der Waals surface area contributed by atoms with Crippen molar-refractivity contribution in [2.45, 2.75) is 18.8 Å². The van der Waals surface area contributed by atoms with Gasteiger partial charge in [0.1, 0.15) is 10.9 Å². The Morgan fingerprint density at radius 3 is 2.88 bits per heavy atom. The summed E-state index contributed by atoms with van der Waals surface area (Å²) in [6, 6.07) is 12.1. The zero-order chi connectivity index (χ0) is 17.5. The molecule has 3 rings (SSSR count). The van der Waals surface area contributed by atoms with E-state index in [0.717, 1.165) is 49.8 Å². The minimum Gasteiger partial charge on any atom is -0.493 e. The molecule has 0 spiro atoms. The van der Waals surface area contributed by atoms with Crippen LogP contribution in [-0.4, -0.2) is 37.7 Å². The molecule has 2 N–H and O–H groups in total. The van der Waals surface area contributed by atoms with Gasteiger partial charge in [0, 0.05) is 32.3 Å². The van der Waals surface area contributed by atoms with Crippen molar-refractivity contribution in [3.8, 4) is 5.75 Å². The lowest BCUT2D eigenvalue weighted by Crippen LogP contribution is -2.40. The maximum absolute atomic E-state index is 5.80. The van der Waals surface area contributed by atoms with Gasteiger partial charge in [-0.2, -0.15) is 0 Å². The minimum atomic E-state index is 0. The van der Waals surface area contributed by atoms with Gasteiger partial charge in [0.2, 0.25) is 0 Å². The van der Waals surface area contributed by atoms with Gasteiger partial charge in [-0.15, -0.1) is 24.0 Å². The molecule has 0 saturated carbocycles. The summed E-state index contributed by atoms with van der Waals surface area (Å²) in [6.07, 6.45) is 3.68. The highest BCUT2D eigenvalue weighted by Crippen LogP contribution is 2.32. The number of pyridine rings is 1. The Hall–Kier alpha value is -1.54. The SMILES string of the molecule is CN=C(NCCc1ccc(Cl)nc1)NCC1CCOc2ccccc21.I. The second kappa shape index (κ2) is 10.6. The molecule has 140 valence electrons. The third kappa shape index (κ3) is 5.74. The molecule has 1 unspecified atom stereocenters. The Labute approximate surface area is 176 Å². The standard InChI is InChI=1S/C19H23ClN4O.HI/c1-21-19(22-10-8-14-6-7-18(20)23-12-14)24-13-15-9-11-25-17-5-3-2-4-16(15)17;/h2-7,12,15H,8-11,13H2,1H3,(H2,21,22,24);1H. The summed E-state index contributed by atoms with van der Waals surface area (Å²) in [5, 5.41) is 7.28. The van der Waals surface area contributed by atoms with Crippen LogP contribution in [-0.2, 0) is 6.42 Å². The normalized spacial score (nSPS) is 16.1. The lowest BCUT2D eigenvalue weighted by molar-refractivity contribution is 0.267. The van der Waals surface area contributed by atoms with Gasteiger partial charge in [-0.05, 0) is 36.1 Å². The van der Waals surface area contributed by atoms with E-state index in [4.69, 9.17) is 16.3 Å². The van der Waals surface area contributed by atoms with E-state index >= 15 is 0 Å². The van der Waals surface area contributed by atoms with Crippen molar-refractivity contribution in [2.24, 2.45) is 4.99 Å². The van der Waals surface area contributed by atoms with Crippen LogP contribution in [0.25, 0.3) is 0 Å². The summed E-state index contributed by atoms with van der Waals surface area (Å²) in [5.41, 5.74) is 2.41. The largest absolute Gasteiger partial charge is 0.493 e. The summed E-state index contributed by atoms with van der Waals surface area (Å²) in [4.78, 5) is 8.40. The topological polar surface area (TPSA) is 58.5 Å². The van der Waals surface area contributed by atoms with Crippen LogP contribution in [0.4, 0.5) is 0 Å². The van der Waals surface area contributed by atoms with Gasteiger partial charge in [0.25, 0.3) is 0 Å². The number of hydrogen-bond donors (Lipinski definition) is 2. The number of halogens is 2. The molecule has 0 fully saturated rings. The van der Waals surface area contributed by atoms with Crippen LogP contribution in [0.3, 0.4) is 0 Å². The lowest BCUT2D eigenvalue weighted by Gasteiger charge is -2.26. The van der Waals surface area contributed by atoms with Crippen LogP contribution >= 0.6 is 35.6 Å². The van der Waals surface area contributed by atoms with Gasteiger partial charge < -0.3 is 15.4 Å². The number of rotatable bonds is 5. The lowest BCUT2D eigenvalue weighted by atomic mass is 9.93. The number of hydrogen-bond acceptors (Lipinski definition) is 3. The molecule has 1 aromatic carbocycles. The maximum atomic E-state index is 5.80. The molecule has 2 aromatic rings. The van der Waals surface area contributed by atoms with E-state index in [1.807, 2.05) is 24.3 Å². The number of nitrogens with zero attached hydrogens (tertiary/aromatic N) is 2. The van der Waals surface area contributed by atoms with Gasteiger partial charge in [-0.1, -0.05) is 35.9 Å². The van der Waals surface area contributed by atoms with E-state index < -0.39 is 0 Å². The number of aliphatic imine (C=N–C) groups is 1. The van der Waals surface area contributed by atoms with Crippen molar-refractivity contribution in [3.63, 3.8) is 0 Å². The molecule has 0 saturated heterocycles. The maximum Gasteiger partial charge on any atom is 0.191 e. The minimum absolute atomic E-state index is 0. The van der Waals surface area contributed by atoms with Crippen LogP contribution < -0.4 is 15.4 Å². The van der Waals surface area contributed by atoms with Gasteiger partial charge in [-0.25, -0.2) is 4.98 Å². The van der Waals surface area contributed by atoms with E-state index in [0.29, 0.717) is 11.1 Å². The molecule has 0 amide bonds. The fourth-order valence-electron chi connectivity index (χ4n) is 2.95. The molecule has 0 bridgehead atoms. The second-order valence-electron chi connectivity index (χ2n) is 5.99. The van der Waals surface area contributed by atoms with E-state index in [9.17, 15) is 0 Å². The monoisotopic (exact) mass is 486 g/mol. The average molecular weight is 487 g/mol. The van der Waals surface area contributed by atoms with Crippen LogP contribution in [0.5, 0.6) is 5.75 Å². The number of para-hydroxylation sites is 1. The van der Waals surface area contributed by atoms with Gasteiger partial charge in [-0.3, -0.25) is 4.99 Å². The summed E-state index contributed by atoms with van der Waals surface area (Å²) in [7, 11) is 1.79. The first-order valence-corrected chi connectivity index (χ1v) is 8.90. The molecule has 5 nitrogen and oxygen atoms in total. The van der Waals surface area contributed by atoms with Crippen molar-refractivity contribution in [2.75, 3.05) is 26.7 Å². The molecule has 7 heteroatoms. The number of nitrogens with one attached hydrogen (secondary N) is 2. The van der Waals surface area contributed by atoms with Gasteiger partial charge >= 0.3 is 0 Å². The summed E-state index contributed by atoms with van der Waals surface area (Å²) >= 11 is 5.80. The van der Waals surface area contributed by atoms with Crippen LogP contribution in [0.2, 0.25) is 5.15 Å². The van der Waals surface area contributed by atoms with Crippen molar-refractivity contribution in [1.82, 2.24) is 15.6 Å². The third-order valence-electron chi connectivity index (χ3n) is 4.32. The number of ether oxygens (including phenoxy) is 1. The van der Waals surface area contributed by atoms with Crippen molar-refractivity contribution < 1.29 is 4.74 Å². The molecular formula is C19H24ClIN4O. The highest BCUT2D eigenvalue weighted by molar-refractivity contribution is 14.0. The smallest absolute Gasteiger partial charge is 0.191 e. The van der Waals surface area contributed by atoms with Crippen molar-refractivity contribution >= 4 is 41.5 Å². The van der Waals surface area contributed by atoms with Crippen LogP contribution in [0, 0.1) is 0 Å². The number of guanidine groups is 1. The molecule has 1 atom stereocenters.